The third kappa shape index (κ3) is 2.99. The van der Waals surface area contributed by atoms with Crippen LogP contribution in [0.3, 0.4) is 0 Å². The summed E-state index contributed by atoms with van der Waals surface area (Å²) in [5.74, 6) is -0.0762. The van der Waals surface area contributed by atoms with Gasteiger partial charge in [-0.05, 0) is 33.1 Å². The van der Waals surface area contributed by atoms with Gasteiger partial charge in [-0.15, -0.1) is 0 Å². The van der Waals surface area contributed by atoms with Gasteiger partial charge in [-0.2, -0.15) is 0 Å². The van der Waals surface area contributed by atoms with Crippen molar-refractivity contribution in [3.63, 3.8) is 0 Å². The Hall–Kier alpha value is -1.15. The van der Waals surface area contributed by atoms with Crippen molar-refractivity contribution < 1.29 is 18.0 Å². The van der Waals surface area contributed by atoms with Crippen LogP contribution in [0.2, 0.25) is 0 Å². The zero-order chi connectivity index (χ0) is 16.5. The van der Waals surface area contributed by atoms with Crippen LogP contribution in [0.1, 0.15) is 46.5 Å². The maximum Gasteiger partial charge on any atom is 0.325 e. The highest BCUT2D eigenvalue weighted by atomic mass is 32.2. The highest BCUT2D eigenvalue weighted by molar-refractivity contribution is 7.89. The number of unbranched alkanes of at least 4 members (excludes halogenated alkanes) is 1. The molecule has 2 fully saturated rings. The first-order chi connectivity index (χ1) is 10.2. The molecular weight excluding hydrogens is 306 g/mol. The van der Waals surface area contributed by atoms with E-state index in [2.05, 4.69) is 5.32 Å². The molecule has 0 radical (unpaired) electrons. The second-order valence-corrected chi connectivity index (χ2v) is 8.44. The van der Waals surface area contributed by atoms with Gasteiger partial charge in [-0.3, -0.25) is 9.69 Å². The van der Waals surface area contributed by atoms with Crippen LogP contribution >= 0.6 is 0 Å². The summed E-state index contributed by atoms with van der Waals surface area (Å²) in [5.41, 5.74) is -0.919. The summed E-state index contributed by atoms with van der Waals surface area (Å²) >= 11 is 0. The van der Waals surface area contributed by atoms with Crippen LogP contribution in [0, 0.1) is 0 Å². The second kappa shape index (κ2) is 6.16. The van der Waals surface area contributed by atoms with Crippen LogP contribution in [0.15, 0.2) is 0 Å². The molecule has 22 heavy (non-hydrogen) atoms. The molecule has 2 saturated heterocycles. The minimum Gasteiger partial charge on any atom is -0.323 e. The molecule has 2 aliphatic rings. The fourth-order valence-corrected chi connectivity index (χ4v) is 4.70. The average Bonchev–Trinajstić information content (AvgIpc) is 2.68. The Morgan fingerprint density at radius 3 is 2.27 bits per heavy atom. The summed E-state index contributed by atoms with van der Waals surface area (Å²) in [5, 5.41) is 2.78. The first-order valence-electron chi connectivity index (χ1n) is 7.87. The first-order valence-corrected chi connectivity index (χ1v) is 9.48. The van der Waals surface area contributed by atoms with Crippen molar-refractivity contribution in [1.29, 1.82) is 0 Å². The number of rotatable bonds is 5. The van der Waals surface area contributed by atoms with Gasteiger partial charge in [0.2, 0.25) is 10.0 Å². The van der Waals surface area contributed by atoms with E-state index in [1.54, 1.807) is 13.8 Å². The number of carbonyl (C=O) groups excluding carboxylic acids is 2. The van der Waals surface area contributed by atoms with Crippen LogP contribution in [0.5, 0.6) is 0 Å². The minimum atomic E-state index is -3.26. The molecule has 126 valence electrons. The maximum absolute atomic E-state index is 12.5. The lowest BCUT2D eigenvalue weighted by atomic mass is 9.88. The number of carbonyl (C=O) groups is 2. The van der Waals surface area contributed by atoms with Crippen molar-refractivity contribution in [3.05, 3.63) is 0 Å². The standard InChI is InChI=1S/C14H25N3O4S/c1-4-5-10-22(20,21)16-8-6-14(7-9-16)12(18)17(11(2)3)13(19)15-14/h11H,4-10H2,1-3H3,(H,15,19). The number of piperidine rings is 1. The van der Waals surface area contributed by atoms with Crippen LogP contribution < -0.4 is 5.32 Å². The van der Waals surface area contributed by atoms with Crippen LogP contribution in [0.4, 0.5) is 4.79 Å². The number of urea groups is 1. The Kier molecular flexibility index (Phi) is 4.81. The molecule has 0 aromatic rings. The smallest absolute Gasteiger partial charge is 0.323 e. The Labute approximate surface area is 132 Å². The molecule has 8 heteroatoms. The summed E-state index contributed by atoms with van der Waals surface area (Å²) in [6, 6.07) is -0.569. The van der Waals surface area contributed by atoms with Gasteiger partial charge in [0.15, 0.2) is 0 Å². The predicted octanol–water partition coefficient (Wildman–Crippen LogP) is 0.911. The van der Waals surface area contributed by atoms with E-state index in [1.807, 2.05) is 6.92 Å². The van der Waals surface area contributed by atoms with Gasteiger partial charge < -0.3 is 5.32 Å². The molecule has 0 atom stereocenters. The van der Waals surface area contributed by atoms with E-state index < -0.39 is 15.6 Å². The predicted molar refractivity (Wildman–Crippen MR) is 82.7 cm³/mol. The number of amides is 3. The van der Waals surface area contributed by atoms with Crippen molar-refractivity contribution in [2.45, 2.75) is 58.0 Å². The van der Waals surface area contributed by atoms with Gasteiger partial charge in [-0.1, -0.05) is 13.3 Å². The SMILES string of the molecule is CCCCS(=O)(=O)N1CCC2(CC1)NC(=O)N(C(C)C)C2=O. The number of nitrogens with one attached hydrogen (secondary N) is 1. The average molecular weight is 331 g/mol. The summed E-state index contributed by atoms with van der Waals surface area (Å²) in [4.78, 5) is 25.8. The summed E-state index contributed by atoms with van der Waals surface area (Å²) in [7, 11) is -3.26. The Balaban J connectivity index is 2.06. The highest BCUT2D eigenvalue weighted by Gasteiger charge is 2.53. The van der Waals surface area contributed by atoms with E-state index in [9.17, 15) is 18.0 Å². The lowest BCUT2D eigenvalue weighted by Crippen LogP contribution is -2.56. The van der Waals surface area contributed by atoms with Gasteiger partial charge in [0, 0.05) is 19.1 Å². The van der Waals surface area contributed by atoms with Crippen LogP contribution in [0.25, 0.3) is 0 Å². The molecule has 2 heterocycles. The van der Waals surface area contributed by atoms with E-state index in [0.717, 1.165) is 6.42 Å². The molecule has 0 unspecified atom stereocenters. The Morgan fingerprint density at radius 2 is 1.82 bits per heavy atom. The maximum atomic E-state index is 12.5. The summed E-state index contributed by atoms with van der Waals surface area (Å²) in [6.07, 6.45) is 2.15. The van der Waals surface area contributed by atoms with Gasteiger partial charge in [0.1, 0.15) is 5.54 Å². The molecule has 1 N–H and O–H groups in total. The lowest BCUT2D eigenvalue weighted by Gasteiger charge is -2.36. The number of hydrogen-bond acceptors (Lipinski definition) is 4. The summed E-state index contributed by atoms with van der Waals surface area (Å²) < 4.78 is 25.9. The molecule has 0 saturated carbocycles. The largest absolute Gasteiger partial charge is 0.325 e. The van der Waals surface area contributed by atoms with E-state index >= 15 is 0 Å². The van der Waals surface area contributed by atoms with Crippen molar-refractivity contribution >= 4 is 22.0 Å². The Morgan fingerprint density at radius 1 is 1.23 bits per heavy atom. The van der Waals surface area contributed by atoms with Gasteiger partial charge >= 0.3 is 6.03 Å². The van der Waals surface area contributed by atoms with E-state index in [4.69, 9.17) is 0 Å². The lowest BCUT2D eigenvalue weighted by molar-refractivity contribution is -0.133. The van der Waals surface area contributed by atoms with E-state index in [1.165, 1.54) is 9.21 Å². The third-order valence-corrected chi connectivity index (χ3v) is 6.39. The molecule has 0 aromatic carbocycles. The fourth-order valence-electron chi connectivity index (χ4n) is 3.05. The molecule has 3 amide bonds. The number of imide groups is 1. The van der Waals surface area contributed by atoms with Gasteiger partial charge in [0.05, 0.1) is 5.75 Å². The number of sulfonamides is 1. The number of nitrogens with zero attached hydrogens (tertiary/aromatic N) is 2. The number of hydrogen-bond donors (Lipinski definition) is 1. The van der Waals surface area contributed by atoms with E-state index in [0.29, 0.717) is 19.3 Å². The highest BCUT2D eigenvalue weighted by Crippen LogP contribution is 2.31. The quantitative estimate of drug-likeness (QED) is 0.759. The third-order valence-electron chi connectivity index (χ3n) is 4.43. The van der Waals surface area contributed by atoms with Gasteiger partial charge in [0.25, 0.3) is 5.91 Å². The first kappa shape index (κ1) is 17.2. The molecule has 2 rings (SSSR count). The van der Waals surface area contributed by atoms with Crippen molar-refractivity contribution in [2.75, 3.05) is 18.8 Å². The Bertz CT molecular complexity index is 550. The van der Waals surface area contributed by atoms with Crippen LogP contribution in [-0.2, 0) is 14.8 Å². The van der Waals surface area contributed by atoms with E-state index in [-0.39, 0.29) is 36.8 Å². The normalized spacial score (nSPS) is 22.6. The molecule has 0 aromatic heterocycles. The topological polar surface area (TPSA) is 86.8 Å². The van der Waals surface area contributed by atoms with Crippen molar-refractivity contribution in [3.8, 4) is 0 Å². The minimum absolute atomic E-state index is 0.148. The molecule has 2 aliphatic heterocycles. The fraction of sp³-hybridized carbons (Fsp3) is 0.857. The molecule has 7 nitrogen and oxygen atoms in total. The molecular formula is C14H25N3O4S. The monoisotopic (exact) mass is 331 g/mol. The van der Waals surface area contributed by atoms with Crippen molar-refractivity contribution in [2.24, 2.45) is 0 Å². The molecule has 0 aliphatic carbocycles. The van der Waals surface area contributed by atoms with Crippen molar-refractivity contribution in [1.82, 2.24) is 14.5 Å². The summed E-state index contributed by atoms with van der Waals surface area (Å²) in [6.45, 7) is 6.10. The zero-order valence-electron chi connectivity index (χ0n) is 13.5. The van der Waals surface area contributed by atoms with Crippen LogP contribution in [-0.4, -0.2) is 60.0 Å². The molecule has 1 spiro atoms. The molecule has 0 bridgehead atoms. The van der Waals surface area contributed by atoms with Gasteiger partial charge in [-0.25, -0.2) is 17.5 Å². The second-order valence-electron chi connectivity index (χ2n) is 6.35. The zero-order valence-corrected chi connectivity index (χ0v) is 14.3.